The maximum Gasteiger partial charge on any atom is 0.220 e. The molecule has 6 heteroatoms. The average Bonchev–Trinajstić information content (AvgIpc) is 2.57. The van der Waals surface area contributed by atoms with Gasteiger partial charge < -0.3 is 15.4 Å². The van der Waals surface area contributed by atoms with Crippen LogP contribution >= 0.6 is 12.4 Å². The number of hydrogen-bond acceptors (Lipinski definition) is 3. The summed E-state index contributed by atoms with van der Waals surface area (Å²) in [6.45, 7) is 4.63. The lowest BCUT2D eigenvalue weighted by Gasteiger charge is -2.28. The highest BCUT2D eigenvalue weighted by Gasteiger charge is 2.22. The molecule has 1 aromatic rings. The van der Waals surface area contributed by atoms with Crippen LogP contribution in [0.4, 0.5) is 4.39 Å². The Hall–Kier alpha value is -1.17. The Labute approximate surface area is 149 Å². The van der Waals surface area contributed by atoms with E-state index < -0.39 is 0 Å². The standard InChI is InChI=1S/C18H27FN2O2.ClH/c1-13(15-4-3-9-20-11-15)10-18(22)21-12-17(23-2)14-5-7-16(19)8-6-14;/h5-8,13,15,17,20H,3-4,9-12H2,1-2H3,(H,21,22);1H. The van der Waals surface area contributed by atoms with E-state index in [9.17, 15) is 9.18 Å². The van der Waals surface area contributed by atoms with Crippen molar-refractivity contribution in [3.8, 4) is 0 Å². The molecule has 1 saturated heterocycles. The van der Waals surface area contributed by atoms with Crippen LogP contribution in [0.2, 0.25) is 0 Å². The van der Waals surface area contributed by atoms with Gasteiger partial charge in [0.15, 0.2) is 0 Å². The highest BCUT2D eigenvalue weighted by Crippen LogP contribution is 2.22. The van der Waals surface area contributed by atoms with Gasteiger partial charge in [-0.1, -0.05) is 19.1 Å². The normalized spacial score (nSPS) is 19.9. The Kier molecular flexibility index (Phi) is 9.26. The summed E-state index contributed by atoms with van der Waals surface area (Å²) in [7, 11) is 1.59. The number of ether oxygens (including phenoxy) is 1. The van der Waals surface area contributed by atoms with E-state index in [0.29, 0.717) is 24.8 Å². The maximum atomic E-state index is 13.0. The molecule has 1 amide bonds. The van der Waals surface area contributed by atoms with Crippen molar-refractivity contribution >= 4 is 18.3 Å². The van der Waals surface area contributed by atoms with Gasteiger partial charge in [0, 0.05) is 20.1 Å². The first-order valence-electron chi connectivity index (χ1n) is 8.35. The molecule has 0 radical (unpaired) electrons. The van der Waals surface area contributed by atoms with Crippen molar-refractivity contribution in [1.82, 2.24) is 10.6 Å². The minimum atomic E-state index is -0.275. The lowest BCUT2D eigenvalue weighted by Crippen LogP contribution is -2.36. The molecular weight excluding hydrogens is 331 g/mol. The third-order valence-corrected chi connectivity index (χ3v) is 4.66. The third-order valence-electron chi connectivity index (χ3n) is 4.66. The second-order valence-electron chi connectivity index (χ2n) is 6.37. The summed E-state index contributed by atoms with van der Waals surface area (Å²) in [5, 5.41) is 6.33. The summed E-state index contributed by atoms with van der Waals surface area (Å²) in [5.74, 6) is 0.717. The van der Waals surface area contributed by atoms with Gasteiger partial charge in [-0.25, -0.2) is 4.39 Å². The summed E-state index contributed by atoms with van der Waals surface area (Å²) in [6, 6.07) is 6.18. The molecule has 1 aliphatic rings. The van der Waals surface area contributed by atoms with Crippen LogP contribution in [0, 0.1) is 17.7 Å². The van der Waals surface area contributed by atoms with E-state index in [1.807, 2.05) is 0 Å². The van der Waals surface area contributed by atoms with E-state index in [1.165, 1.54) is 25.0 Å². The van der Waals surface area contributed by atoms with Crippen LogP contribution < -0.4 is 10.6 Å². The number of rotatable bonds is 7. The van der Waals surface area contributed by atoms with Crippen LogP contribution in [0.15, 0.2) is 24.3 Å². The molecule has 3 atom stereocenters. The summed E-state index contributed by atoms with van der Waals surface area (Å²) >= 11 is 0. The zero-order valence-electron chi connectivity index (χ0n) is 14.4. The van der Waals surface area contributed by atoms with E-state index in [4.69, 9.17) is 4.74 Å². The Morgan fingerprint density at radius 2 is 2.12 bits per heavy atom. The van der Waals surface area contributed by atoms with Gasteiger partial charge in [-0.3, -0.25) is 4.79 Å². The first-order chi connectivity index (χ1) is 11.1. The number of hydrogen-bond donors (Lipinski definition) is 2. The molecule has 2 rings (SSSR count). The predicted octanol–water partition coefficient (Wildman–Crippen LogP) is 3.08. The zero-order valence-corrected chi connectivity index (χ0v) is 15.2. The van der Waals surface area contributed by atoms with Crippen LogP contribution in [0.25, 0.3) is 0 Å². The molecule has 0 aliphatic carbocycles. The fourth-order valence-electron chi connectivity index (χ4n) is 3.12. The number of amides is 1. The third kappa shape index (κ3) is 6.38. The number of halogens is 2. The van der Waals surface area contributed by atoms with Crippen LogP contribution in [-0.4, -0.2) is 32.7 Å². The molecule has 2 N–H and O–H groups in total. The molecule has 24 heavy (non-hydrogen) atoms. The van der Waals surface area contributed by atoms with Crippen LogP contribution in [0.1, 0.15) is 37.9 Å². The van der Waals surface area contributed by atoms with Gasteiger partial charge in [0.2, 0.25) is 5.91 Å². The van der Waals surface area contributed by atoms with Crippen molar-refractivity contribution in [3.05, 3.63) is 35.6 Å². The molecule has 1 fully saturated rings. The molecule has 1 aromatic carbocycles. The van der Waals surface area contributed by atoms with Crippen molar-refractivity contribution in [1.29, 1.82) is 0 Å². The lowest BCUT2D eigenvalue weighted by atomic mass is 9.85. The Morgan fingerprint density at radius 3 is 2.71 bits per heavy atom. The SMILES string of the molecule is COC(CNC(=O)CC(C)C1CCCNC1)c1ccc(F)cc1.Cl. The van der Waals surface area contributed by atoms with Gasteiger partial charge in [0.25, 0.3) is 0 Å². The number of nitrogens with one attached hydrogen (secondary N) is 2. The quantitative estimate of drug-likeness (QED) is 0.787. The second kappa shape index (κ2) is 10.6. The first-order valence-corrected chi connectivity index (χ1v) is 8.35. The summed E-state index contributed by atoms with van der Waals surface area (Å²) in [6.07, 6.45) is 2.66. The topological polar surface area (TPSA) is 50.4 Å². The number of carbonyl (C=O) groups is 1. The van der Waals surface area contributed by atoms with Crippen molar-refractivity contribution < 1.29 is 13.9 Å². The fraction of sp³-hybridized carbons (Fsp3) is 0.611. The van der Waals surface area contributed by atoms with Gasteiger partial charge in [-0.2, -0.15) is 0 Å². The van der Waals surface area contributed by atoms with E-state index in [2.05, 4.69) is 17.6 Å². The minimum absolute atomic E-state index is 0. The molecular formula is C18H28ClFN2O2. The number of piperidine rings is 1. The molecule has 136 valence electrons. The number of benzene rings is 1. The van der Waals surface area contributed by atoms with Gasteiger partial charge >= 0.3 is 0 Å². The van der Waals surface area contributed by atoms with Crippen LogP contribution in [0.5, 0.6) is 0 Å². The zero-order chi connectivity index (χ0) is 16.7. The van der Waals surface area contributed by atoms with Crippen molar-refractivity contribution in [2.24, 2.45) is 11.8 Å². The maximum absolute atomic E-state index is 13.0. The average molecular weight is 359 g/mol. The first kappa shape index (κ1) is 20.9. The Balaban J connectivity index is 0.00000288. The van der Waals surface area contributed by atoms with Gasteiger partial charge in [-0.15, -0.1) is 12.4 Å². The highest BCUT2D eigenvalue weighted by atomic mass is 35.5. The minimum Gasteiger partial charge on any atom is -0.375 e. The van der Waals surface area contributed by atoms with Crippen molar-refractivity contribution in [2.45, 2.75) is 32.3 Å². The molecule has 0 spiro atoms. The Morgan fingerprint density at radius 1 is 1.42 bits per heavy atom. The van der Waals surface area contributed by atoms with Crippen molar-refractivity contribution in [2.75, 3.05) is 26.7 Å². The molecule has 0 saturated carbocycles. The largest absolute Gasteiger partial charge is 0.375 e. The fourth-order valence-corrected chi connectivity index (χ4v) is 3.12. The van der Waals surface area contributed by atoms with E-state index in [-0.39, 0.29) is 30.2 Å². The Bertz CT molecular complexity index is 492. The monoisotopic (exact) mass is 358 g/mol. The smallest absolute Gasteiger partial charge is 0.220 e. The lowest BCUT2D eigenvalue weighted by molar-refractivity contribution is -0.122. The van der Waals surface area contributed by atoms with Crippen molar-refractivity contribution in [3.63, 3.8) is 0 Å². The predicted molar refractivity (Wildman–Crippen MR) is 95.8 cm³/mol. The van der Waals surface area contributed by atoms with Gasteiger partial charge in [0.1, 0.15) is 5.82 Å². The van der Waals surface area contributed by atoms with Crippen LogP contribution in [0.3, 0.4) is 0 Å². The molecule has 1 heterocycles. The summed E-state index contributed by atoms with van der Waals surface area (Å²) in [5.41, 5.74) is 0.860. The van der Waals surface area contributed by atoms with Gasteiger partial charge in [-0.05, 0) is 55.5 Å². The van der Waals surface area contributed by atoms with E-state index in [0.717, 1.165) is 18.7 Å². The van der Waals surface area contributed by atoms with E-state index >= 15 is 0 Å². The van der Waals surface area contributed by atoms with Crippen LogP contribution in [-0.2, 0) is 9.53 Å². The highest BCUT2D eigenvalue weighted by molar-refractivity contribution is 5.85. The molecule has 0 bridgehead atoms. The van der Waals surface area contributed by atoms with Gasteiger partial charge in [0.05, 0.1) is 6.10 Å². The number of carbonyl (C=O) groups excluding carboxylic acids is 1. The summed E-state index contributed by atoms with van der Waals surface area (Å²) in [4.78, 5) is 12.2. The molecule has 3 unspecified atom stereocenters. The number of methoxy groups -OCH3 is 1. The summed E-state index contributed by atoms with van der Waals surface area (Å²) < 4.78 is 18.4. The molecule has 1 aliphatic heterocycles. The molecule has 0 aromatic heterocycles. The van der Waals surface area contributed by atoms with E-state index in [1.54, 1.807) is 19.2 Å². The second-order valence-corrected chi connectivity index (χ2v) is 6.37. The molecule has 4 nitrogen and oxygen atoms in total.